The summed E-state index contributed by atoms with van der Waals surface area (Å²) in [6.45, 7) is -0.444. The van der Waals surface area contributed by atoms with Crippen LogP contribution in [-0.2, 0) is 23.7 Å². The Morgan fingerprint density at radius 2 is 1.23 bits per heavy atom. The maximum absolute atomic E-state index is 13.4. The Morgan fingerprint density at radius 3 is 1.75 bits per heavy atom. The van der Waals surface area contributed by atoms with E-state index in [4.69, 9.17) is 18.9 Å². The second-order valence-corrected chi connectivity index (χ2v) is 9.48. The summed E-state index contributed by atoms with van der Waals surface area (Å²) in [7, 11) is 1.09. The van der Waals surface area contributed by atoms with E-state index >= 15 is 0 Å². The van der Waals surface area contributed by atoms with Gasteiger partial charge in [0.1, 0.15) is 12.7 Å². The Hall–Kier alpha value is -5.62. The third-order valence-corrected chi connectivity index (χ3v) is 6.70. The van der Waals surface area contributed by atoms with Gasteiger partial charge in [0.15, 0.2) is 18.4 Å². The number of carbonyl (C=O) groups excluding carboxylic acids is 4. The first-order chi connectivity index (χ1) is 21.4. The van der Waals surface area contributed by atoms with Gasteiger partial charge in [0.25, 0.3) is 5.56 Å². The molecule has 4 unspecified atom stereocenters. The molecule has 44 heavy (non-hydrogen) atoms. The van der Waals surface area contributed by atoms with Gasteiger partial charge in [-0.15, -0.1) is 0 Å². The number of esters is 4. The Morgan fingerprint density at radius 1 is 0.727 bits per heavy atom. The molecule has 0 spiro atoms. The molecule has 0 aliphatic carbocycles. The van der Waals surface area contributed by atoms with E-state index in [1.807, 2.05) is 0 Å². The van der Waals surface area contributed by atoms with Crippen molar-refractivity contribution in [3.63, 3.8) is 0 Å². The van der Waals surface area contributed by atoms with Gasteiger partial charge in [-0.1, -0.05) is 54.6 Å². The number of hydrogen-bond donors (Lipinski definition) is 0. The molecule has 224 valence electrons. The molecule has 4 aromatic rings. The van der Waals surface area contributed by atoms with E-state index < -0.39 is 66.3 Å². The highest BCUT2D eigenvalue weighted by Gasteiger charge is 2.52. The van der Waals surface area contributed by atoms with Crippen LogP contribution in [0.5, 0.6) is 0 Å². The standard InChI is InChI=1S/C32H26N2O10/c1-40-32(39)24-27(35)34(18-17-33-24)28-26(44-31(38)22-15-9-4-10-16-22)25(43-30(37)21-13-7-3-8-14-21)23(42-28)19-41-29(36)20-11-5-2-6-12-20/h2-18,23,25-26,28H,19H2,1H3. The molecule has 4 atom stereocenters. The van der Waals surface area contributed by atoms with E-state index in [0.29, 0.717) is 0 Å². The maximum atomic E-state index is 13.4. The van der Waals surface area contributed by atoms with Gasteiger partial charge in [0.05, 0.1) is 23.8 Å². The summed E-state index contributed by atoms with van der Waals surface area (Å²) in [4.78, 5) is 68.7. The van der Waals surface area contributed by atoms with Crippen LogP contribution >= 0.6 is 0 Å². The van der Waals surface area contributed by atoms with Crippen molar-refractivity contribution in [3.05, 3.63) is 136 Å². The molecule has 1 aliphatic heterocycles. The molecule has 0 bridgehead atoms. The summed E-state index contributed by atoms with van der Waals surface area (Å²) in [6, 6.07) is 24.3. The van der Waals surface area contributed by atoms with Gasteiger partial charge in [-0.3, -0.25) is 9.36 Å². The summed E-state index contributed by atoms with van der Waals surface area (Å²) in [5.41, 5.74) is -0.836. The molecule has 0 saturated carbocycles. The van der Waals surface area contributed by atoms with Crippen LogP contribution in [-0.4, -0.2) is 65.5 Å². The number of methoxy groups -OCH3 is 1. The Kier molecular flexibility index (Phi) is 9.21. The number of carbonyl (C=O) groups is 4. The fraction of sp³-hybridized carbons (Fsp3) is 0.188. The third kappa shape index (κ3) is 6.55. The molecule has 0 amide bonds. The highest BCUT2D eigenvalue weighted by molar-refractivity contribution is 5.91. The summed E-state index contributed by atoms with van der Waals surface area (Å²) < 4.78 is 28.9. The minimum atomic E-state index is -1.44. The summed E-state index contributed by atoms with van der Waals surface area (Å²) in [5, 5.41) is 0. The number of benzene rings is 3. The fourth-order valence-corrected chi connectivity index (χ4v) is 4.54. The molecule has 1 aliphatic rings. The second-order valence-electron chi connectivity index (χ2n) is 9.48. The average molecular weight is 599 g/mol. The highest BCUT2D eigenvalue weighted by Crippen LogP contribution is 2.35. The Labute approximate surface area is 250 Å². The molecule has 1 aromatic heterocycles. The molecule has 1 fully saturated rings. The van der Waals surface area contributed by atoms with Gasteiger partial charge < -0.3 is 23.7 Å². The topological polar surface area (TPSA) is 149 Å². The lowest BCUT2D eigenvalue weighted by Crippen LogP contribution is -2.42. The molecule has 0 N–H and O–H groups in total. The van der Waals surface area contributed by atoms with E-state index in [1.165, 1.54) is 36.7 Å². The van der Waals surface area contributed by atoms with E-state index in [-0.39, 0.29) is 16.7 Å². The average Bonchev–Trinajstić information content (AvgIpc) is 3.40. The smallest absolute Gasteiger partial charge is 0.362 e. The Balaban J connectivity index is 1.53. The molecular weight excluding hydrogens is 572 g/mol. The lowest BCUT2D eigenvalue weighted by molar-refractivity contribution is -0.0636. The first kappa shape index (κ1) is 29.9. The summed E-state index contributed by atoms with van der Waals surface area (Å²) in [6.07, 6.45) is -3.07. The molecule has 12 heteroatoms. The lowest BCUT2D eigenvalue weighted by Gasteiger charge is -2.25. The first-order valence-electron chi connectivity index (χ1n) is 13.4. The van der Waals surface area contributed by atoms with Crippen molar-refractivity contribution in [2.24, 2.45) is 0 Å². The predicted octanol–water partition coefficient (Wildman–Crippen LogP) is 3.24. The second kappa shape index (κ2) is 13.6. The molecular formula is C32H26N2O10. The zero-order valence-electron chi connectivity index (χ0n) is 23.3. The number of nitrogens with zero attached hydrogens (tertiary/aromatic N) is 2. The minimum Gasteiger partial charge on any atom is -0.464 e. The molecule has 0 radical (unpaired) electrons. The van der Waals surface area contributed by atoms with Crippen LogP contribution in [0.2, 0.25) is 0 Å². The van der Waals surface area contributed by atoms with Gasteiger partial charge in [-0.05, 0) is 36.4 Å². The van der Waals surface area contributed by atoms with Gasteiger partial charge in [0, 0.05) is 12.4 Å². The zero-order valence-corrected chi connectivity index (χ0v) is 23.3. The van der Waals surface area contributed by atoms with E-state index in [1.54, 1.807) is 66.7 Å². The van der Waals surface area contributed by atoms with Gasteiger partial charge in [-0.2, -0.15) is 0 Å². The van der Waals surface area contributed by atoms with Crippen LogP contribution in [0, 0.1) is 0 Å². The Bertz CT molecular complexity index is 1690. The maximum Gasteiger partial charge on any atom is 0.362 e. The molecule has 3 aromatic carbocycles. The van der Waals surface area contributed by atoms with Crippen LogP contribution in [0.4, 0.5) is 0 Å². The summed E-state index contributed by atoms with van der Waals surface area (Å²) in [5.74, 6) is -3.27. The third-order valence-electron chi connectivity index (χ3n) is 6.70. The molecule has 1 saturated heterocycles. The quantitative estimate of drug-likeness (QED) is 0.206. The van der Waals surface area contributed by atoms with Crippen molar-refractivity contribution in [1.29, 1.82) is 0 Å². The van der Waals surface area contributed by atoms with Crippen LogP contribution in [0.1, 0.15) is 47.8 Å². The molecule has 2 heterocycles. The zero-order chi connectivity index (χ0) is 31.1. The lowest BCUT2D eigenvalue weighted by atomic mass is 10.1. The number of aromatic nitrogens is 2. The summed E-state index contributed by atoms with van der Waals surface area (Å²) >= 11 is 0. The van der Waals surface area contributed by atoms with Crippen LogP contribution in [0.25, 0.3) is 0 Å². The number of ether oxygens (including phenoxy) is 5. The van der Waals surface area contributed by atoms with E-state index in [9.17, 15) is 24.0 Å². The van der Waals surface area contributed by atoms with Crippen molar-refractivity contribution in [2.75, 3.05) is 13.7 Å². The van der Waals surface area contributed by atoms with Crippen LogP contribution in [0.3, 0.4) is 0 Å². The minimum absolute atomic E-state index is 0.177. The largest absolute Gasteiger partial charge is 0.464 e. The highest BCUT2D eigenvalue weighted by atomic mass is 16.7. The van der Waals surface area contributed by atoms with E-state index in [2.05, 4.69) is 9.72 Å². The SMILES string of the molecule is COC(=O)c1nccn(C2OC(COC(=O)c3ccccc3)C(OC(=O)c3ccccc3)C2OC(=O)c2ccccc2)c1=O. The van der Waals surface area contributed by atoms with Crippen molar-refractivity contribution in [1.82, 2.24) is 9.55 Å². The van der Waals surface area contributed by atoms with Crippen LogP contribution in [0.15, 0.2) is 108 Å². The van der Waals surface area contributed by atoms with Crippen molar-refractivity contribution in [3.8, 4) is 0 Å². The number of hydrogen-bond acceptors (Lipinski definition) is 11. The van der Waals surface area contributed by atoms with Gasteiger partial charge in [0.2, 0.25) is 5.69 Å². The van der Waals surface area contributed by atoms with Crippen molar-refractivity contribution in [2.45, 2.75) is 24.5 Å². The van der Waals surface area contributed by atoms with Crippen LogP contribution < -0.4 is 5.56 Å². The monoisotopic (exact) mass is 598 g/mol. The predicted molar refractivity (Wildman–Crippen MR) is 152 cm³/mol. The van der Waals surface area contributed by atoms with E-state index in [0.717, 1.165) is 11.7 Å². The number of rotatable bonds is 9. The molecule has 5 rings (SSSR count). The normalized spacial score (nSPS) is 19.0. The van der Waals surface area contributed by atoms with Crippen molar-refractivity contribution < 1.29 is 42.9 Å². The first-order valence-corrected chi connectivity index (χ1v) is 13.4. The van der Waals surface area contributed by atoms with Crippen molar-refractivity contribution >= 4 is 23.9 Å². The molecule has 12 nitrogen and oxygen atoms in total. The van der Waals surface area contributed by atoms with Gasteiger partial charge in [-0.25, -0.2) is 24.2 Å². The van der Waals surface area contributed by atoms with Gasteiger partial charge >= 0.3 is 23.9 Å². The fourth-order valence-electron chi connectivity index (χ4n) is 4.54.